The van der Waals surface area contributed by atoms with E-state index in [1.807, 2.05) is 0 Å². The van der Waals surface area contributed by atoms with Gasteiger partial charge in [0.15, 0.2) is 0 Å². The van der Waals surface area contributed by atoms with E-state index in [0.29, 0.717) is 0 Å². The maximum atomic E-state index is 6.26. The van der Waals surface area contributed by atoms with Crippen LogP contribution in [-0.2, 0) is 0 Å². The van der Waals surface area contributed by atoms with Gasteiger partial charge in [-0.2, -0.15) is 0 Å². The fourth-order valence-electron chi connectivity index (χ4n) is 4.17. The molecule has 0 aromatic heterocycles. The highest BCUT2D eigenvalue weighted by Crippen LogP contribution is 2.37. The van der Waals surface area contributed by atoms with Crippen molar-refractivity contribution in [2.24, 2.45) is 11.7 Å². The second-order valence-corrected chi connectivity index (χ2v) is 6.76. The van der Waals surface area contributed by atoms with Crippen molar-refractivity contribution in [1.82, 2.24) is 9.80 Å². The molecule has 0 amide bonds. The van der Waals surface area contributed by atoms with Crippen molar-refractivity contribution < 1.29 is 0 Å². The van der Waals surface area contributed by atoms with Crippen molar-refractivity contribution in [3.05, 3.63) is 0 Å². The maximum Gasteiger partial charge on any atom is 0.0334 e. The number of likely N-dealkylation sites (N-methyl/N-ethyl adjacent to an activating group) is 1. The van der Waals surface area contributed by atoms with Crippen LogP contribution in [0, 0.1) is 5.92 Å². The fraction of sp³-hybridized carbons (Fsp3) is 1.00. The van der Waals surface area contributed by atoms with Crippen LogP contribution in [0.15, 0.2) is 0 Å². The number of hydrogen-bond acceptors (Lipinski definition) is 3. The monoisotopic (exact) mass is 297 g/mol. The lowest BCUT2D eigenvalue weighted by molar-refractivity contribution is 0.0359. The molecule has 2 atom stereocenters. The average molecular weight is 298 g/mol. The minimum Gasteiger partial charge on any atom is -0.329 e. The Morgan fingerprint density at radius 2 is 1.76 bits per heavy atom. The molecule has 0 aliphatic heterocycles. The summed E-state index contributed by atoms with van der Waals surface area (Å²) in [6.07, 6.45) is 7.99. The molecule has 0 aromatic carbocycles. The zero-order valence-corrected chi connectivity index (χ0v) is 15.0. The molecule has 21 heavy (non-hydrogen) atoms. The minimum absolute atomic E-state index is 0.289. The molecule has 1 fully saturated rings. The summed E-state index contributed by atoms with van der Waals surface area (Å²) in [5.41, 5.74) is 6.55. The summed E-state index contributed by atoms with van der Waals surface area (Å²) >= 11 is 0. The SMILES string of the molecule is CCC1CCCC(CN)(N(CC)CCCN(CC)CC)C1. The van der Waals surface area contributed by atoms with Crippen LogP contribution in [-0.4, -0.2) is 54.6 Å². The van der Waals surface area contributed by atoms with E-state index in [1.54, 1.807) is 0 Å². The lowest BCUT2D eigenvalue weighted by atomic mass is 9.73. The highest BCUT2D eigenvalue weighted by molar-refractivity contribution is 4.96. The van der Waals surface area contributed by atoms with Crippen LogP contribution < -0.4 is 5.73 Å². The Morgan fingerprint density at radius 3 is 2.29 bits per heavy atom. The number of nitrogens with two attached hydrogens (primary N) is 1. The molecular weight excluding hydrogens is 258 g/mol. The first-order valence-electron chi connectivity index (χ1n) is 9.33. The van der Waals surface area contributed by atoms with E-state index < -0.39 is 0 Å². The smallest absolute Gasteiger partial charge is 0.0334 e. The Kier molecular flexibility index (Phi) is 8.84. The molecule has 0 aromatic rings. The summed E-state index contributed by atoms with van der Waals surface area (Å²) in [4.78, 5) is 5.23. The quantitative estimate of drug-likeness (QED) is 0.671. The first-order chi connectivity index (χ1) is 10.2. The van der Waals surface area contributed by atoms with E-state index in [1.165, 1.54) is 64.7 Å². The Bertz CT molecular complexity index is 265. The van der Waals surface area contributed by atoms with E-state index in [2.05, 4.69) is 37.5 Å². The highest BCUT2D eigenvalue weighted by Gasteiger charge is 2.38. The molecule has 0 saturated heterocycles. The molecule has 0 radical (unpaired) electrons. The Hall–Kier alpha value is -0.120. The standard InChI is InChI=1S/C18H39N3/c1-5-17-11-9-12-18(15-17,16-19)21(8-4)14-10-13-20(6-2)7-3/h17H,5-16,19H2,1-4H3. The summed E-state index contributed by atoms with van der Waals surface area (Å²) in [5, 5.41) is 0. The van der Waals surface area contributed by atoms with Crippen LogP contribution in [0.3, 0.4) is 0 Å². The van der Waals surface area contributed by atoms with Gasteiger partial charge in [0.1, 0.15) is 0 Å². The molecule has 0 bridgehead atoms. The molecule has 0 spiro atoms. The summed E-state index contributed by atoms with van der Waals surface area (Å²) in [6, 6.07) is 0. The van der Waals surface area contributed by atoms with Crippen molar-refractivity contribution in [3.63, 3.8) is 0 Å². The molecule has 2 unspecified atom stereocenters. The maximum absolute atomic E-state index is 6.26. The lowest BCUT2D eigenvalue weighted by Crippen LogP contribution is -2.56. The van der Waals surface area contributed by atoms with Gasteiger partial charge in [-0.3, -0.25) is 4.90 Å². The topological polar surface area (TPSA) is 32.5 Å². The molecule has 1 aliphatic rings. The lowest BCUT2D eigenvalue weighted by Gasteiger charge is -2.48. The third-order valence-electron chi connectivity index (χ3n) is 5.73. The molecule has 126 valence electrons. The molecule has 3 nitrogen and oxygen atoms in total. The highest BCUT2D eigenvalue weighted by atomic mass is 15.2. The summed E-state index contributed by atoms with van der Waals surface area (Å²) in [7, 11) is 0. The van der Waals surface area contributed by atoms with Crippen LogP contribution in [0.4, 0.5) is 0 Å². The van der Waals surface area contributed by atoms with Crippen molar-refractivity contribution in [2.45, 2.75) is 71.8 Å². The first kappa shape index (κ1) is 18.9. The molecule has 1 rings (SSSR count). The van der Waals surface area contributed by atoms with Crippen LogP contribution >= 0.6 is 0 Å². The van der Waals surface area contributed by atoms with E-state index in [4.69, 9.17) is 5.73 Å². The van der Waals surface area contributed by atoms with Gasteiger partial charge >= 0.3 is 0 Å². The number of hydrogen-bond donors (Lipinski definition) is 1. The molecule has 1 aliphatic carbocycles. The van der Waals surface area contributed by atoms with Crippen LogP contribution in [0.1, 0.15) is 66.2 Å². The van der Waals surface area contributed by atoms with E-state index >= 15 is 0 Å². The third kappa shape index (κ3) is 5.22. The van der Waals surface area contributed by atoms with Crippen LogP contribution in [0.25, 0.3) is 0 Å². The number of rotatable bonds is 10. The second kappa shape index (κ2) is 9.81. The van der Waals surface area contributed by atoms with E-state index in [0.717, 1.165) is 19.0 Å². The van der Waals surface area contributed by atoms with Gasteiger partial charge in [0.2, 0.25) is 0 Å². The van der Waals surface area contributed by atoms with Gasteiger partial charge in [0.05, 0.1) is 0 Å². The predicted molar refractivity (Wildman–Crippen MR) is 93.7 cm³/mol. The van der Waals surface area contributed by atoms with Crippen molar-refractivity contribution in [1.29, 1.82) is 0 Å². The zero-order valence-electron chi connectivity index (χ0n) is 15.0. The minimum atomic E-state index is 0.289. The fourth-order valence-corrected chi connectivity index (χ4v) is 4.17. The molecular formula is C18H39N3. The Balaban J connectivity index is 2.58. The second-order valence-electron chi connectivity index (χ2n) is 6.76. The molecule has 2 N–H and O–H groups in total. The Morgan fingerprint density at radius 1 is 1.05 bits per heavy atom. The van der Waals surface area contributed by atoms with Crippen molar-refractivity contribution >= 4 is 0 Å². The van der Waals surface area contributed by atoms with Gasteiger partial charge in [-0.15, -0.1) is 0 Å². The van der Waals surface area contributed by atoms with E-state index in [9.17, 15) is 0 Å². The van der Waals surface area contributed by atoms with E-state index in [-0.39, 0.29) is 5.54 Å². The van der Waals surface area contributed by atoms with Gasteiger partial charge in [-0.05, 0) is 57.9 Å². The van der Waals surface area contributed by atoms with Gasteiger partial charge in [0, 0.05) is 12.1 Å². The number of nitrogens with zero attached hydrogens (tertiary/aromatic N) is 2. The van der Waals surface area contributed by atoms with Gasteiger partial charge in [-0.1, -0.05) is 47.0 Å². The van der Waals surface area contributed by atoms with Crippen molar-refractivity contribution in [3.8, 4) is 0 Å². The van der Waals surface area contributed by atoms with Gasteiger partial charge < -0.3 is 10.6 Å². The third-order valence-corrected chi connectivity index (χ3v) is 5.73. The normalized spacial score (nSPS) is 26.7. The summed E-state index contributed by atoms with van der Waals surface area (Å²) in [6.45, 7) is 15.9. The first-order valence-corrected chi connectivity index (χ1v) is 9.33. The summed E-state index contributed by atoms with van der Waals surface area (Å²) in [5.74, 6) is 0.888. The van der Waals surface area contributed by atoms with Gasteiger partial charge in [-0.25, -0.2) is 0 Å². The van der Waals surface area contributed by atoms with Crippen LogP contribution in [0.2, 0.25) is 0 Å². The molecule has 3 heteroatoms. The largest absolute Gasteiger partial charge is 0.329 e. The van der Waals surface area contributed by atoms with Crippen LogP contribution in [0.5, 0.6) is 0 Å². The molecule has 1 saturated carbocycles. The van der Waals surface area contributed by atoms with Crippen molar-refractivity contribution in [2.75, 3.05) is 39.3 Å². The Labute approximate surface area is 133 Å². The average Bonchev–Trinajstić information content (AvgIpc) is 2.55. The van der Waals surface area contributed by atoms with Gasteiger partial charge in [0.25, 0.3) is 0 Å². The summed E-state index contributed by atoms with van der Waals surface area (Å²) < 4.78 is 0. The molecule has 0 heterocycles. The predicted octanol–water partition coefficient (Wildman–Crippen LogP) is 3.34. The zero-order chi connectivity index (χ0) is 15.7.